The first-order valence-electron chi connectivity index (χ1n) is 12.8. The van der Waals surface area contributed by atoms with Crippen LogP contribution in [0.25, 0.3) is 0 Å². The molecule has 1 aliphatic heterocycles. The third-order valence-electron chi connectivity index (χ3n) is 6.01. The molecular weight excluding hydrogens is 547 g/mol. The number of hydrogen-bond donors (Lipinski definition) is 3. The summed E-state index contributed by atoms with van der Waals surface area (Å²) in [6, 6.07) is 19.8. The molecule has 1 atom stereocenters. The van der Waals surface area contributed by atoms with E-state index in [2.05, 4.69) is 21.2 Å². The van der Waals surface area contributed by atoms with Crippen LogP contribution in [-0.4, -0.2) is 36.4 Å². The van der Waals surface area contributed by atoms with Gasteiger partial charge in [0.25, 0.3) is 5.91 Å². The number of nitrogens with zero attached hydrogens (tertiary/aromatic N) is 1. The Balaban J connectivity index is 1.39. The Kier molecular flexibility index (Phi) is 10.0. The van der Waals surface area contributed by atoms with E-state index >= 15 is 0 Å². The zero-order valence-electron chi connectivity index (χ0n) is 22.5. The van der Waals surface area contributed by atoms with Gasteiger partial charge in [-0.15, -0.1) is 0 Å². The van der Waals surface area contributed by atoms with Crippen molar-refractivity contribution in [1.29, 1.82) is 0 Å². The SMILES string of the molecule is CCOC(=O)C1=C(C)NC(=S)N[C@H]1c1ccccc1OCC(=O)NN=Cc1ccccc1OCc1ccccc1F. The molecular formula is C30H29FN4O5S. The number of nitrogens with one attached hydrogen (secondary N) is 3. The van der Waals surface area contributed by atoms with Crippen LogP contribution in [0.4, 0.5) is 4.39 Å². The first kappa shape index (κ1) is 29.2. The molecule has 9 nitrogen and oxygen atoms in total. The molecule has 3 N–H and O–H groups in total. The second-order valence-electron chi connectivity index (χ2n) is 8.83. The lowest BCUT2D eigenvalue weighted by atomic mass is 9.95. The second-order valence-corrected chi connectivity index (χ2v) is 9.24. The fraction of sp³-hybridized carbons (Fsp3) is 0.200. The van der Waals surface area contributed by atoms with Crippen LogP contribution in [0.15, 0.2) is 89.2 Å². The minimum absolute atomic E-state index is 0.0420. The first-order valence-corrected chi connectivity index (χ1v) is 13.2. The number of benzene rings is 3. The van der Waals surface area contributed by atoms with E-state index in [0.29, 0.717) is 44.6 Å². The van der Waals surface area contributed by atoms with Gasteiger partial charge in [-0.05, 0) is 50.3 Å². The van der Waals surface area contributed by atoms with E-state index in [1.54, 1.807) is 80.6 Å². The third-order valence-corrected chi connectivity index (χ3v) is 6.23. The first-order chi connectivity index (χ1) is 19.9. The average molecular weight is 577 g/mol. The number of halogens is 1. The maximum Gasteiger partial charge on any atom is 0.338 e. The number of hydrogen-bond acceptors (Lipinski definition) is 7. The summed E-state index contributed by atoms with van der Waals surface area (Å²) in [7, 11) is 0. The van der Waals surface area contributed by atoms with Crippen LogP contribution in [0.1, 0.15) is 36.6 Å². The number of para-hydroxylation sites is 2. The van der Waals surface area contributed by atoms with E-state index < -0.39 is 17.9 Å². The van der Waals surface area contributed by atoms with Crippen LogP contribution in [0.2, 0.25) is 0 Å². The highest BCUT2D eigenvalue weighted by Crippen LogP contribution is 2.33. The summed E-state index contributed by atoms with van der Waals surface area (Å²) < 4.78 is 30.8. The van der Waals surface area contributed by atoms with Gasteiger partial charge in [0, 0.05) is 22.4 Å². The summed E-state index contributed by atoms with van der Waals surface area (Å²) in [6.07, 6.45) is 1.43. The van der Waals surface area contributed by atoms with Gasteiger partial charge >= 0.3 is 5.97 Å². The molecule has 0 unspecified atom stereocenters. The highest BCUT2D eigenvalue weighted by atomic mass is 32.1. The zero-order valence-corrected chi connectivity index (χ0v) is 23.3. The average Bonchev–Trinajstić information content (AvgIpc) is 2.96. The summed E-state index contributed by atoms with van der Waals surface area (Å²) in [6.45, 7) is 3.39. The standard InChI is InChI=1S/C30H29FN4O5S/c1-3-38-29(37)27-19(2)33-30(41)34-28(27)22-12-6-9-15-25(22)40-18-26(36)35-32-16-20-10-5-8-14-24(20)39-17-21-11-4-7-13-23(21)31/h4-16,28H,3,17-18H2,1-2H3,(H,35,36)(H2,33,34,41)/t28-/m0/s1. The Morgan fingerprint density at radius 3 is 2.51 bits per heavy atom. The van der Waals surface area contributed by atoms with Gasteiger partial charge in [-0.3, -0.25) is 4.79 Å². The molecule has 1 aliphatic rings. The fourth-order valence-corrected chi connectivity index (χ4v) is 4.37. The smallest absolute Gasteiger partial charge is 0.338 e. The summed E-state index contributed by atoms with van der Waals surface area (Å²) in [5.41, 5.74) is 4.98. The van der Waals surface area contributed by atoms with Crippen molar-refractivity contribution in [2.24, 2.45) is 5.10 Å². The zero-order chi connectivity index (χ0) is 29.2. The molecule has 1 heterocycles. The van der Waals surface area contributed by atoms with E-state index in [0.717, 1.165) is 0 Å². The van der Waals surface area contributed by atoms with Crippen LogP contribution in [0, 0.1) is 5.82 Å². The largest absolute Gasteiger partial charge is 0.488 e. The predicted octanol–water partition coefficient (Wildman–Crippen LogP) is 4.29. The molecule has 0 saturated heterocycles. The number of allylic oxidation sites excluding steroid dienone is 1. The summed E-state index contributed by atoms with van der Waals surface area (Å²) in [4.78, 5) is 25.3. The number of carbonyl (C=O) groups excluding carboxylic acids is 2. The highest BCUT2D eigenvalue weighted by Gasteiger charge is 2.32. The molecule has 0 bridgehead atoms. The van der Waals surface area contributed by atoms with Crippen LogP contribution < -0.4 is 25.5 Å². The second kappa shape index (κ2) is 14.0. The van der Waals surface area contributed by atoms with Gasteiger partial charge in [-0.1, -0.05) is 48.5 Å². The molecule has 0 spiro atoms. The molecule has 0 radical (unpaired) electrons. The fourth-order valence-electron chi connectivity index (χ4n) is 4.10. The van der Waals surface area contributed by atoms with Gasteiger partial charge in [-0.2, -0.15) is 5.10 Å². The third kappa shape index (κ3) is 7.67. The Hall–Kier alpha value is -4.77. The Morgan fingerprint density at radius 1 is 1.02 bits per heavy atom. The normalized spacial score (nSPS) is 14.7. The quantitative estimate of drug-likeness (QED) is 0.134. The molecule has 0 fully saturated rings. The lowest BCUT2D eigenvalue weighted by Gasteiger charge is -2.30. The summed E-state index contributed by atoms with van der Waals surface area (Å²) >= 11 is 5.30. The number of rotatable bonds is 11. The van der Waals surface area contributed by atoms with Crippen molar-refractivity contribution < 1.29 is 28.2 Å². The molecule has 41 heavy (non-hydrogen) atoms. The predicted molar refractivity (Wildman–Crippen MR) is 156 cm³/mol. The number of ether oxygens (including phenoxy) is 3. The van der Waals surface area contributed by atoms with Crippen molar-refractivity contribution in [3.8, 4) is 11.5 Å². The number of thiocarbonyl (C=S) groups is 1. The van der Waals surface area contributed by atoms with Gasteiger partial charge in [0.15, 0.2) is 11.7 Å². The van der Waals surface area contributed by atoms with E-state index in [4.69, 9.17) is 26.4 Å². The minimum atomic E-state index is -0.638. The lowest BCUT2D eigenvalue weighted by molar-refractivity contribution is -0.139. The Labute approximate surface area is 242 Å². The Morgan fingerprint density at radius 2 is 1.73 bits per heavy atom. The molecule has 3 aromatic rings. The van der Waals surface area contributed by atoms with Crippen molar-refractivity contribution in [2.45, 2.75) is 26.5 Å². The van der Waals surface area contributed by atoms with E-state index in [9.17, 15) is 14.0 Å². The molecule has 3 aromatic carbocycles. The molecule has 0 aliphatic carbocycles. The maximum absolute atomic E-state index is 13.9. The van der Waals surface area contributed by atoms with Crippen molar-refractivity contribution in [1.82, 2.24) is 16.1 Å². The number of carbonyl (C=O) groups is 2. The van der Waals surface area contributed by atoms with Crippen LogP contribution in [-0.2, 0) is 20.9 Å². The summed E-state index contributed by atoms with van der Waals surface area (Å²) in [5, 5.41) is 10.4. The molecule has 0 saturated carbocycles. The Bertz CT molecular complexity index is 1490. The number of amides is 1. The van der Waals surface area contributed by atoms with Gasteiger partial charge < -0.3 is 24.8 Å². The molecule has 4 rings (SSSR count). The topological polar surface area (TPSA) is 110 Å². The molecule has 1 amide bonds. The van der Waals surface area contributed by atoms with Crippen molar-refractivity contribution in [3.05, 3.63) is 107 Å². The molecule has 0 aromatic heterocycles. The van der Waals surface area contributed by atoms with Crippen LogP contribution >= 0.6 is 12.2 Å². The van der Waals surface area contributed by atoms with Crippen LogP contribution in [0.3, 0.4) is 0 Å². The van der Waals surface area contributed by atoms with E-state index in [1.807, 2.05) is 0 Å². The van der Waals surface area contributed by atoms with E-state index in [1.165, 1.54) is 12.3 Å². The van der Waals surface area contributed by atoms with Gasteiger partial charge in [0.2, 0.25) is 0 Å². The number of hydrazone groups is 1. The van der Waals surface area contributed by atoms with Crippen molar-refractivity contribution >= 4 is 35.4 Å². The van der Waals surface area contributed by atoms with Gasteiger partial charge in [-0.25, -0.2) is 14.6 Å². The van der Waals surface area contributed by atoms with Crippen LogP contribution in [0.5, 0.6) is 11.5 Å². The highest BCUT2D eigenvalue weighted by molar-refractivity contribution is 7.80. The van der Waals surface area contributed by atoms with Gasteiger partial charge in [0.05, 0.1) is 24.4 Å². The van der Waals surface area contributed by atoms with Crippen molar-refractivity contribution in [2.75, 3.05) is 13.2 Å². The lowest BCUT2D eigenvalue weighted by Crippen LogP contribution is -2.45. The number of esters is 1. The molecule has 212 valence electrons. The maximum atomic E-state index is 13.9. The van der Waals surface area contributed by atoms with Crippen molar-refractivity contribution in [3.63, 3.8) is 0 Å². The monoisotopic (exact) mass is 576 g/mol. The van der Waals surface area contributed by atoms with E-state index in [-0.39, 0.29) is 25.6 Å². The summed E-state index contributed by atoms with van der Waals surface area (Å²) in [5.74, 6) is -0.485. The van der Waals surface area contributed by atoms with Gasteiger partial charge in [0.1, 0.15) is 23.9 Å². The molecule has 11 heteroatoms. The minimum Gasteiger partial charge on any atom is -0.488 e.